The average molecular weight is 381 g/mol. The molecule has 0 unspecified atom stereocenters. The van der Waals surface area contributed by atoms with Gasteiger partial charge in [0.15, 0.2) is 0 Å². The molecule has 0 amide bonds. The minimum Gasteiger partial charge on any atom is -0.381 e. The van der Waals surface area contributed by atoms with Gasteiger partial charge >= 0.3 is 0 Å². The number of aliphatic hydroxyl groups is 1. The van der Waals surface area contributed by atoms with Crippen LogP contribution in [0.5, 0.6) is 0 Å². The summed E-state index contributed by atoms with van der Waals surface area (Å²) in [4.78, 5) is 0. The van der Waals surface area contributed by atoms with Gasteiger partial charge in [0.1, 0.15) is 5.60 Å². The molecule has 2 rings (SSSR count). The van der Waals surface area contributed by atoms with Crippen LogP contribution >= 0.6 is 0 Å². The predicted molar refractivity (Wildman–Crippen MR) is 63.5 cm³/mol. The number of rotatable bonds is 4. The summed E-state index contributed by atoms with van der Waals surface area (Å²) in [6.07, 6.45) is 16.1. The Labute approximate surface area is 116 Å². The maximum atomic E-state index is 10.8. The molecule has 0 spiro atoms. The van der Waals surface area contributed by atoms with Gasteiger partial charge in [-0.1, -0.05) is 49.8 Å². The van der Waals surface area contributed by atoms with E-state index in [-0.39, 0.29) is 25.8 Å². The smallest absolute Gasteiger partial charge is 0.108 e. The molecule has 1 nitrogen and oxygen atoms in total. The van der Waals surface area contributed by atoms with E-state index in [1.54, 1.807) is 0 Å². The molecule has 0 aromatic rings. The Kier molecular flexibility index (Phi) is 5.13. The van der Waals surface area contributed by atoms with E-state index in [1.165, 1.54) is 0 Å². The predicted octanol–water partition coefficient (Wildman–Crippen LogP) is 3.29. The van der Waals surface area contributed by atoms with Crippen LogP contribution in [0.1, 0.15) is 32.6 Å². The maximum absolute atomic E-state index is 10.8. The first-order valence-electron chi connectivity index (χ1n) is 5.72. The molecule has 0 aromatic heterocycles. The van der Waals surface area contributed by atoms with Crippen molar-refractivity contribution in [1.29, 1.82) is 0 Å². The molecule has 0 bridgehead atoms. The van der Waals surface area contributed by atoms with Crippen LogP contribution in [0, 0.1) is 0 Å². The standard InChI is InChI=1S/C14H18O.Hf/c1-2-11-14(15,12-7-3-4-8-12)13-9-5-6-10-13;/h3-7,9,15H,2,8,10-11H2,1H3;. The SMILES string of the molecule is CCCC(O)(C1=CC=CC1)C1=CC=CC1.[Hf]. The summed E-state index contributed by atoms with van der Waals surface area (Å²) in [5.41, 5.74) is 1.61. The molecule has 0 saturated carbocycles. The van der Waals surface area contributed by atoms with Crippen molar-refractivity contribution in [2.45, 2.75) is 38.2 Å². The Morgan fingerprint density at radius 2 is 1.62 bits per heavy atom. The topological polar surface area (TPSA) is 20.2 Å². The second-order valence-electron chi connectivity index (χ2n) is 4.26. The van der Waals surface area contributed by atoms with Crippen LogP contribution in [0.15, 0.2) is 47.6 Å². The molecule has 0 radical (unpaired) electrons. The summed E-state index contributed by atoms with van der Waals surface area (Å²) >= 11 is 0. The molecule has 0 saturated heterocycles. The molecule has 1 N–H and O–H groups in total. The Bertz CT molecular complexity index is 331. The van der Waals surface area contributed by atoms with Gasteiger partial charge in [-0.25, -0.2) is 0 Å². The second-order valence-corrected chi connectivity index (χ2v) is 4.26. The molecule has 16 heavy (non-hydrogen) atoms. The van der Waals surface area contributed by atoms with Gasteiger partial charge in [0, 0.05) is 25.8 Å². The number of hydrogen-bond donors (Lipinski definition) is 1. The van der Waals surface area contributed by atoms with Crippen LogP contribution in [-0.2, 0) is 25.8 Å². The normalized spacial score (nSPS) is 18.4. The third kappa shape index (κ3) is 2.54. The fourth-order valence-corrected chi connectivity index (χ4v) is 2.40. The van der Waals surface area contributed by atoms with E-state index in [4.69, 9.17) is 0 Å². The van der Waals surface area contributed by atoms with Crippen LogP contribution in [-0.4, -0.2) is 10.7 Å². The third-order valence-corrected chi connectivity index (χ3v) is 3.22. The molecule has 0 aliphatic heterocycles. The van der Waals surface area contributed by atoms with E-state index < -0.39 is 5.60 Å². The fourth-order valence-electron chi connectivity index (χ4n) is 2.40. The first kappa shape index (κ1) is 13.9. The van der Waals surface area contributed by atoms with Gasteiger partial charge in [-0.15, -0.1) is 0 Å². The molecule has 84 valence electrons. The third-order valence-electron chi connectivity index (χ3n) is 3.22. The van der Waals surface area contributed by atoms with Crippen molar-refractivity contribution in [3.05, 3.63) is 47.6 Å². The Balaban J connectivity index is 0.00000128. The summed E-state index contributed by atoms with van der Waals surface area (Å²) < 4.78 is 0. The fraction of sp³-hybridized carbons (Fsp3) is 0.429. The van der Waals surface area contributed by atoms with E-state index in [1.807, 2.05) is 12.2 Å². The van der Waals surface area contributed by atoms with Crippen molar-refractivity contribution < 1.29 is 30.9 Å². The van der Waals surface area contributed by atoms with Crippen molar-refractivity contribution in [2.75, 3.05) is 0 Å². The van der Waals surface area contributed by atoms with Crippen molar-refractivity contribution in [1.82, 2.24) is 0 Å². The summed E-state index contributed by atoms with van der Waals surface area (Å²) in [6, 6.07) is 0. The first-order valence-corrected chi connectivity index (χ1v) is 5.72. The van der Waals surface area contributed by atoms with Gasteiger partial charge < -0.3 is 5.11 Å². The monoisotopic (exact) mass is 382 g/mol. The second kappa shape index (κ2) is 5.92. The van der Waals surface area contributed by atoms with E-state index in [2.05, 4.69) is 31.2 Å². The molecule has 0 aromatic carbocycles. The van der Waals surface area contributed by atoms with Crippen LogP contribution < -0.4 is 0 Å². The number of allylic oxidation sites excluding steroid dienone is 6. The van der Waals surface area contributed by atoms with Gasteiger partial charge in [-0.3, -0.25) is 0 Å². The number of hydrogen-bond acceptors (Lipinski definition) is 1. The molecule has 2 heteroatoms. The van der Waals surface area contributed by atoms with Crippen LogP contribution in [0.3, 0.4) is 0 Å². The van der Waals surface area contributed by atoms with Crippen LogP contribution in [0.25, 0.3) is 0 Å². The van der Waals surface area contributed by atoms with Crippen LogP contribution in [0.2, 0.25) is 0 Å². The van der Waals surface area contributed by atoms with Crippen molar-refractivity contribution in [3.63, 3.8) is 0 Å². The Morgan fingerprint density at radius 1 is 1.12 bits per heavy atom. The molecule has 2 aliphatic carbocycles. The zero-order chi connectivity index (χ0) is 10.7. The van der Waals surface area contributed by atoms with E-state index >= 15 is 0 Å². The average Bonchev–Trinajstić information content (AvgIpc) is 2.92. The maximum Gasteiger partial charge on any atom is 0.108 e. The van der Waals surface area contributed by atoms with Crippen LogP contribution in [0.4, 0.5) is 0 Å². The van der Waals surface area contributed by atoms with Crippen molar-refractivity contribution in [3.8, 4) is 0 Å². The van der Waals surface area contributed by atoms with E-state index in [0.29, 0.717) is 0 Å². The minimum atomic E-state index is -0.693. The zero-order valence-corrected chi connectivity index (χ0v) is 13.3. The Hall–Kier alpha value is -0.210. The molecule has 2 aliphatic rings. The zero-order valence-electron chi connectivity index (χ0n) is 9.74. The summed E-state index contributed by atoms with van der Waals surface area (Å²) in [5, 5.41) is 10.8. The largest absolute Gasteiger partial charge is 0.381 e. The van der Waals surface area contributed by atoms with Gasteiger partial charge in [0.25, 0.3) is 0 Å². The van der Waals surface area contributed by atoms with E-state index in [0.717, 1.165) is 36.8 Å². The minimum absolute atomic E-state index is 0. The van der Waals surface area contributed by atoms with Gasteiger partial charge in [0.05, 0.1) is 0 Å². The molecular formula is C14H18HfO. The molecular weight excluding hydrogens is 363 g/mol. The van der Waals surface area contributed by atoms with Gasteiger partial charge in [-0.2, -0.15) is 0 Å². The Morgan fingerprint density at radius 3 is 1.94 bits per heavy atom. The van der Waals surface area contributed by atoms with Gasteiger partial charge in [0.2, 0.25) is 0 Å². The first-order chi connectivity index (χ1) is 7.27. The molecule has 0 heterocycles. The summed E-state index contributed by atoms with van der Waals surface area (Å²) in [5.74, 6) is 0. The van der Waals surface area contributed by atoms with Crippen molar-refractivity contribution >= 4 is 0 Å². The van der Waals surface area contributed by atoms with E-state index in [9.17, 15) is 5.11 Å². The van der Waals surface area contributed by atoms with Crippen molar-refractivity contribution in [2.24, 2.45) is 0 Å². The van der Waals surface area contributed by atoms with Gasteiger partial charge in [-0.05, 0) is 30.4 Å². The molecule has 0 atom stereocenters. The summed E-state index contributed by atoms with van der Waals surface area (Å²) in [7, 11) is 0. The summed E-state index contributed by atoms with van der Waals surface area (Å²) in [6.45, 7) is 2.12. The molecule has 0 fully saturated rings. The quantitative estimate of drug-likeness (QED) is 0.742.